The van der Waals surface area contributed by atoms with E-state index >= 15 is 0 Å². The first-order chi connectivity index (χ1) is 5.24. The lowest BCUT2D eigenvalue weighted by molar-refractivity contribution is 0.0689. The second kappa shape index (κ2) is 3.34. The van der Waals surface area contributed by atoms with Crippen LogP contribution in [0, 0.1) is 0 Å². The fourth-order valence-electron chi connectivity index (χ4n) is 0.543. The number of aromatic carboxylic acids is 1. The first kappa shape index (κ1) is 8.00. The van der Waals surface area contributed by atoms with E-state index in [1.165, 1.54) is 17.8 Å². The Kier molecular flexibility index (Phi) is 2.43. The molecule has 0 bridgehead atoms. The Balaban J connectivity index is 2.91. The van der Waals surface area contributed by atoms with E-state index < -0.39 is 5.97 Å². The van der Waals surface area contributed by atoms with Crippen molar-refractivity contribution >= 4 is 17.7 Å². The van der Waals surface area contributed by atoms with E-state index in [2.05, 4.69) is 10.2 Å². The van der Waals surface area contributed by atoms with E-state index in [0.717, 1.165) is 5.03 Å². The largest absolute Gasteiger partial charge is 0.476 e. The molecule has 1 rings (SSSR count). The molecule has 0 spiro atoms. The van der Waals surface area contributed by atoms with E-state index in [4.69, 9.17) is 5.11 Å². The Morgan fingerprint density at radius 1 is 1.55 bits per heavy atom. The van der Waals surface area contributed by atoms with Gasteiger partial charge in [0.25, 0.3) is 0 Å². The summed E-state index contributed by atoms with van der Waals surface area (Å²) in [7, 11) is 0. The highest BCUT2D eigenvalue weighted by atomic mass is 32.2. The maximum Gasteiger partial charge on any atom is 0.356 e. The first-order valence-corrected chi connectivity index (χ1v) is 4.07. The van der Waals surface area contributed by atoms with Gasteiger partial charge in [0.15, 0.2) is 5.69 Å². The molecule has 1 N–H and O–H groups in total. The van der Waals surface area contributed by atoms with Crippen molar-refractivity contribution in [2.24, 2.45) is 0 Å². The number of rotatable bonds is 2. The highest BCUT2D eigenvalue weighted by Crippen LogP contribution is 2.08. The Morgan fingerprint density at radius 3 is 2.64 bits per heavy atom. The summed E-state index contributed by atoms with van der Waals surface area (Å²) < 4.78 is 0. The van der Waals surface area contributed by atoms with Crippen molar-refractivity contribution in [3.63, 3.8) is 0 Å². The molecule has 0 amide bonds. The Bertz CT molecular complexity index is 260. The van der Waals surface area contributed by atoms with Crippen molar-refractivity contribution in [1.82, 2.24) is 10.2 Å². The molecule has 1 aromatic heterocycles. The van der Waals surface area contributed by atoms with Crippen LogP contribution in [0.25, 0.3) is 0 Å². The van der Waals surface area contributed by atoms with Crippen molar-refractivity contribution in [3.8, 4) is 0 Å². The Morgan fingerprint density at radius 2 is 2.27 bits per heavy atom. The third-order valence-corrected chi connectivity index (χ3v) is 1.70. The van der Waals surface area contributed by atoms with Crippen LogP contribution in [-0.2, 0) is 0 Å². The van der Waals surface area contributed by atoms with Gasteiger partial charge in [0, 0.05) is 0 Å². The molecule has 0 saturated carbocycles. The minimum absolute atomic E-state index is 0.0252. The summed E-state index contributed by atoms with van der Waals surface area (Å²) in [4.78, 5) is 10.3. The quantitative estimate of drug-likeness (QED) is 0.668. The van der Waals surface area contributed by atoms with Crippen molar-refractivity contribution < 1.29 is 9.90 Å². The van der Waals surface area contributed by atoms with Crippen LogP contribution in [0.15, 0.2) is 17.2 Å². The van der Waals surface area contributed by atoms with Crippen LogP contribution in [0.3, 0.4) is 0 Å². The van der Waals surface area contributed by atoms with Crippen molar-refractivity contribution in [2.45, 2.75) is 5.03 Å². The van der Waals surface area contributed by atoms with Crippen molar-refractivity contribution in [2.75, 3.05) is 6.26 Å². The van der Waals surface area contributed by atoms with Gasteiger partial charge in [-0.2, -0.15) is 0 Å². The SMILES string of the molecule is CSc1ccc(C(=O)O)nn1. The monoisotopic (exact) mass is 170 g/mol. The fraction of sp³-hybridized carbons (Fsp3) is 0.167. The fourth-order valence-corrected chi connectivity index (χ4v) is 0.870. The number of nitrogens with zero attached hydrogens (tertiary/aromatic N) is 2. The number of thioether (sulfide) groups is 1. The van der Waals surface area contributed by atoms with Gasteiger partial charge in [-0.15, -0.1) is 22.0 Å². The van der Waals surface area contributed by atoms with E-state index in [9.17, 15) is 4.79 Å². The molecule has 0 unspecified atom stereocenters. The van der Waals surface area contributed by atoms with E-state index in [-0.39, 0.29) is 5.69 Å². The lowest BCUT2D eigenvalue weighted by Crippen LogP contribution is -2.01. The van der Waals surface area contributed by atoms with E-state index in [1.54, 1.807) is 6.07 Å². The van der Waals surface area contributed by atoms with Gasteiger partial charge in [0.05, 0.1) is 0 Å². The molecule has 4 nitrogen and oxygen atoms in total. The van der Waals surface area contributed by atoms with Crippen LogP contribution in [0.1, 0.15) is 10.5 Å². The minimum Gasteiger partial charge on any atom is -0.476 e. The zero-order valence-corrected chi connectivity index (χ0v) is 6.63. The summed E-state index contributed by atoms with van der Waals surface area (Å²) in [6, 6.07) is 3.06. The summed E-state index contributed by atoms with van der Waals surface area (Å²) in [6.45, 7) is 0. The summed E-state index contributed by atoms with van der Waals surface area (Å²) in [5, 5.41) is 16.3. The van der Waals surface area contributed by atoms with Gasteiger partial charge in [-0.1, -0.05) is 0 Å². The molecule has 0 aliphatic rings. The predicted octanol–water partition coefficient (Wildman–Crippen LogP) is 0.897. The van der Waals surface area contributed by atoms with Crippen LogP contribution in [0.5, 0.6) is 0 Å². The number of hydrogen-bond donors (Lipinski definition) is 1. The maximum atomic E-state index is 10.3. The summed E-state index contributed by atoms with van der Waals surface area (Å²) in [6.07, 6.45) is 1.85. The molecule has 0 aromatic carbocycles. The first-order valence-electron chi connectivity index (χ1n) is 2.85. The molecule has 1 heterocycles. The van der Waals surface area contributed by atoms with Gasteiger partial charge in [-0.05, 0) is 18.4 Å². The van der Waals surface area contributed by atoms with E-state index in [1.807, 2.05) is 6.26 Å². The Labute approximate surface area is 67.6 Å². The maximum absolute atomic E-state index is 10.3. The standard InChI is InChI=1S/C6H6N2O2S/c1-11-5-3-2-4(6(9)10)7-8-5/h2-3H,1H3,(H,9,10). The predicted molar refractivity (Wildman–Crippen MR) is 40.8 cm³/mol. The highest BCUT2D eigenvalue weighted by molar-refractivity contribution is 7.98. The van der Waals surface area contributed by atoms with Crippen LogP contribution < -0.4 is 0 Å². The van der Waals surface area contributed by atoms with Crippen molar-refractivity contribution in [3.05, 3.63) is 17.8 Å². The third kappa shape index (κ3) is 1.91. The van der Waals surface area contributed by atoms with Gasteiger partial charge in [-0.3, -0.25) is 0 Å². The van der Waals surface area contributed by atoms with Gasteiger partial charge in [0.2, 0.25) is 0 Å². The van der Waals surface area contributed by atoms with Crippen LogP contribution in [-0.4, -0.2) is 27.5 Å². The lowest BCUT2D eigenvalue weighted by Gasteiger charge is -1.93. The average molecular weight is 170 g/mol. The second-order valence-corrected chi connectivity index (χ2v) is 2.59. The molecule has 0 radical (unpaired) electrons. The molecule has 5 heteroatoms. The minimum atomic E-state index is -1.05. The number of carboxylic acids is 1. The summed E-state index contributed by atoms with van der Waals surface area (Å²) in [5.41, 5.74) is -0.0252. The van der Waals surface area contributed by atoms with Gasteiger partial charge < -0.3 is 5.11 Å². The number of hydrogen-bond acceptors (Lipinski definition) is 4. The van der Waals surface area contributed by atoms with E-state index in [0.29, 0.717) is 0 Å². The van der Waals surface area contributed by atoms with Crippen LogP contribution >= 0.6 is 11.8 Å². The molecule has 0 aliphatic carbocycles. The van der Waals surface area contributed by atoms with Crippen LogP contribution in [0.4, 0.5) is 0 Å². The van der Waals surface area contributed by atoms with Crippen molar-refractivity contribution in [1.29, 1.82) is 0 Å². The molecular weight excluding hydrogens is 164 g/mol. The molecule has 0 fully saturated rings. The number of carboxylic acid groups (broad SMARTS) is 1. The third-order valence-electron chi connectivity index (χ3n) is 1.07. The van der Waals surface area contributed by atoms with Gasteiger partial charge in [-0.25, -0.2) is 4.79 Å². The molecule has 58 valence electrons. The summed E-state index contributed by atoms with van der Waals surface area (Å²) >= 11 is 1.42. The molecule has 1 aromatic rings. The summed E-state index contributed by atoms with van der Waals surface area (Å²) in [5.74, 6) is -1.05. The molecule has 0 aliphatic heterocycles. The second-order valence-electron chi connectivity index (χ2n) is 1.77. The zero-order chi connectivity index (χ0) is 8.27. The highest BCUT2D eigenvalue weighted by Gasteiger charge is 2.03. The lowest BCUT2D eigenvalue weighted by atomic mass is 10.4. The number of aromatic nitrogens is 2. The number of carbonyl (C=O) groups is 1. The molecule has 11 heavy (non-hydrogen) atoms. The van der Waals surface area contributed by atoms with Gasteiger partial charge >= 0.3 is 5.97 Å². The molecular formula is C6H6N2O2S. The molecule has 0 saturated heterocycles. The zero-order valence-electron chi connectivity index (χ0n) is 5.81. The normalized spacial score (nSPS) is 9.55. The van der Waals surface area contributed by atoms with Gasteiger partial charge in [0.1, 0.15) is 5.03 Å². The topological polar surface area (TPSA) is 63.1 Å². The molecule has 0 atom stereocenters. The average Bonchev–Trinajstić information content (AvgIpc) is 2.05. The smallest absolute Gasteiger partial charge is 0.356 e. The van der Waals surface area contributed by atoms with Crippen LogP contribution in [0.2, 0.25) is 0 Å². The Hall–Kier alpha value is -1.10.